The van der Waals surface area contributed by atoms with Crippen molar-refractivity contribution >= 4 is 0 Å². The van der Waals surface area contributed by atoms with E-state index in [2.05, 4.69) is 27.7 Å². The third kappa shape index (κ3) is 13.6. The molecule has 0 saturated heterocycles. The van der Waals surface area contributed by atoms with Crippen molar-refractivity contribution in [2.24, 2.45) is 0 Å². The Morgan fingerprint density at radius 2 is 1.06 bits per heavy atom. The van der Waals surface area contributed by atoms with Crippen molar-refractivity contribution in [3.8, 4) is 0 Å². The Morgan fingerprint density at radius 3 is 1.41 bits per heavy atom. The van der Waals surface area contributed by atoms with Crippen LogP contribution in [0.15, 0.2) is 0 Å². The van der Waals surface area contributed by atoms with Crippen LogP contribution in [-0.4, -0.2) is 0 Å². The SMILES string of the molecule is CCCCCC[CH](C)[Nd][CH](C)CCCCCC. The average molecular weight is 371 g/mol. The second-order valence-corrected chi connectivity index (χ2v) is 13.1. The molecule has 0 heterocycles. The van der Waals surface area contributed by atoms with Crippen LogP contribution in [0.3, 0.4) is 0 Å². The van der Waals surface area contributed by atoms with Gasteiger partial charge in [-0.1, -0.05) is 0 Å². The molecule has 0 amide bonds. The molecule has 2 unspecified atom stereocenters. The molecule has 2 atom stereocenters. The molecule has 17 heavy (non-hydrogen) atoms. The summed E-state index contributed by atoms with van der Waals surface area (Å²) in [5, 5.41) is 0. The van der Waals surface area contributed by atoms with Crippen molar-refractivity contribution in [1.29, 1.82) is 0 Å². The molecule has 0 aliphatic carbocycles. The topological polar surface area (TPSA) is 0 Å². The van der Waals surface area contributed by atoms with Crippen LogP contribution in [0.1, 0.15) is 91.9 Å². The van der Waals surface area contributed by atoms with Crippen LogP contribution in [0, 0.1) is 36.7 Å². The van der Waals surface area contributed by atoms with Crippen LogP contribution in [0.5, 0.6) is 0 Å². The number of rotatable bonds is 12. The Hall–Kier alpha value is 1.35. The zero-order valence-corrected chi connectivity index (χ0v) is 15.9. The van der Waals surface area contributed by atoms with Gasteiger partial charge in [0, 0.05) is 0 Å². The van der Waals surface area contributed by atoms with Gasteiger partial charge in [-0.15, -0.1) is 0 Å². The van der Waals surface area contributed by atoms with Gasteiger partial charge in [-0.05, 0) is 0 Å². The molecule has 0 aliphatic heterocycles. The van der Waals surface area contributed by atoms with Gasteiger partial charge < -0.3 is 0 Å². The monoisotopic (exact) mass is 368 g/mol. The quantitative estimate of drug-likeness (QED) is 0.338. The third-order valence-electron chi connectivity index (χ3n) is 3.55. The van der Waals surface area contributed by atoms with Crippen molar-refractivity contribution in [3.63, 3.8) is 0 Å². The van der Waals surface area contributed by atoms with Crippen LogP contribution in [0.2, 0.25) is 3.14 Å². The molecule has 0 fully saturated rings. The van der Waals surface area contributed by atoms with Crippen LogP contribution < -0.4 is 0 Å². The first-order valence-electron chi connectivity index (χ1n) is 7.96. The van der Waals surface area contributed by atoms with Crippen molar-refractivity contribution in [3.05, 3.63) is 0 Å². The maximum absolute atomic E-state index is 2.54. The van der Waals surface area contributed by atoms with Gasteiger partial charge in [0.25, 0.3) is 0 Å². The second-order valence-electron chi connectivity index (χ2n) is 5.67. The van der Waals surface area contributed by atoms with E-state index in [1.165, 1.54) is 51.4 Å². The fourth-order valence-electron chi connectivity index (χ4n) is 2.41. The van der Waals surface area contributed by atoms with E-state index in [9.17, 15) is 0 Å². The molecule has 0 aromatic carbocycles. The van der Waals surface area contributed by atoms with E-state index in [1.54, 1.807) is 12.8 Å². The van der Waals surface area contributed by atoms with Crippen LogP contribution in [0.4, 0.5) is 0 Å². The third-order valence-corrected chi connectivity index (χ3v) is 9.05. The van der Waals surface area contributed by atoms with E-state index in [0.717, 1.165) is 3.14 Å². The van der Waals surface area contributed by atoms with Gasteiger partial charge in [0.2, 0.25) is 0 Å². The minimum absolute atomic E-state index is 0.314. The van der Waals surface area contributed by atoms with E-state index < -0.39 is 0 Å². The van der Waals surface area contributed by atoms with E-state index in [4.69, 9.17) is 0 Å². The number of hydrogen-bond acceptors (Lipinski definition) is 0. The van der Waals surface area contributed by atoms with Crippen molar-refractivity contribution in [1.82, 2.24) is 0 Å². The Labute approximate surface area is 130 Å². The van der Waals surface area contributed by atoms with E-state index in [-0.39, 0.29) is 36.7 Å². The summed E-state index contributed by atoms with van der Waals surface area (Å²) >= 11 is -0.314. The van der Waals surface area contributed by atoms with Gasteiger partial charge in [0.05, 0.1) is 0 Å². The van der Waals surface area contributed by atoms with Gasteiger partial charge in [-0.2, -0.15) is 0 Å². The van der Waals surface area contributed by atoms with Gasteiger partial charge >= 0.3 is 132 Å². The summed E-state index contributed by atoms with van der Waals surface area (Å²) in [7, 11) is 0. The van der Waals surface area contributed by atoms with Gasteiger partial charge in [-0.3, -0.25) is 0 Å². The Morgan fingerprint density at radius 1 is 0.647 bits per heavy atom. The summed E-state index contributed by atoms with van der Waals surface area (Å²) in [6.45, 7) is 9.69. The molecule has 102 valence electrons. The summed E-state index contributed by atoms with van der Waals surface area (Å²) in [6, 6.07) is 0. The normalized spacial score (nSPS) is 14.6. The first-order chi connectivity index (χ1) is 8.20. The maximum atomic E-state index is 2.54. The first kappa shape index (κ1) is 18.4. The Balaban J connectivity index is 3.35. The van der Waals surface area contributed by atoms with Crippen molar-refractivity contribution < 1.29 is 36.7 Å². The Kier molecular flexibility index (Phi) is 14.9. The van der Waals surface area contributed by atoms with E-state index in [1.807, 2.05) is 0 Å². The average Bonchev–Trinajstić information content (AvgIpc) is 2.30. The Bertz CT molecular complexity index is 128. The summed E-state index contributed by atoms with van der Waals surface area (Å²) in [4.78, 5) is 0. The molecule has 0 nitrogen and oxygen atoms in total. The molecule has 0 spiro atoms. The molecule has 0 radical (unpaired) electrons. The molecular formula is C16H34Nd. The summed E-state index contributed by atoms with van der Waals surface area (Å²) < 4.78 is 2.29. The minimum atomic E-state index is -0.314. The molecule has 0 aromatic heterocycles. The molecule has 0 aliphatic rings. The van der Waals surface area contributed by atoms with Crippen LogP contribution >= 0.6 is 0 Å². The summed E-state index contributed by atoms with van der Waals surface area (Å²) in [5.74, 6) is 0. The number of hydrogen-bond donors (Lipinski definition) is 0. The molecule has 1 heteroatoms. The summed E-state index contributed by atoms with van der Waals surface area (Å²) in [5.41, 5.74) is 0. The first-order valence-corrected chi connectivity index (χ1v) is 11.7. The number of unbranched alkanes of at least 4 members (excludes halogenated alkanes) is 6. The fraction of sp³-hybridized carbons (Fsp3) is 1.00. The summed E-state index contributed by atoms with van der Waals surface area (Å²) in [6.07, 6.45) is 14.7. The second kappa shape index (κ2) is 13.8. The molecule has 0 saturated carbocycles. The van der Waals surface area contributed by atoms with Crippen LogP contribution in [0.25, 0.3) is 0 Å². The van der Waals surface area contributed by atoms with Gasteiger partial charge in [-0.25, -0.2) is 0 Å². The van der Waals surface area contributed by atoms with Gasteiger partial charge in [0.1, 0.15) is 0 Å². The fourth-order valence-corrected chi connectivity index (χ4v) is 7.90. The molecule has 0 rings (SSSR count). The van der Waals surface area contributed by atoms with Gasteiger partial charge in [0.15, 0.2) is 0 Å². The predicted molar refractivity (Wildman–Crippen MR) is 76.4 cm³/mol. The predicted octanol–water partition coefficient (Wildman–Crippen LogP) is 6.63. The standard InChI is InChI=1S/2C8H17.Nd/c2*1-3-5-7-8-6-4-2;/h2*3H,4-8H2,1-2H3;. The zero-order chi connectivity index (χ0) is 12.9. The van der Waals surface area contributed by atoms with Crippen molar-refractivity contribution in [2.75, 3.05) is 0 Å². The van der Waals surface area contributed by atoms with Crippen molar-refractivity contribution in [2.45, 2.75) is 95.0 Å². The molecule has 0 N–H and O–H groups in total. The van der Waals surface area contributed by atoms with Crippen LogP contribution in [-0.2, 0) is 0 Å². The zero-order valence-electron chi connectivity index (χ0n) is 12.7. The van der Waals surface area contributed by atoms with E-state index >= 15 is 0 Å². The molecular weight excluding hydrogens is 336 g/mol. The molecule has 0 bridgehead atoms. The molecule has 0 aromatic rings. The van der Waals surface area contributed by atoms with E-state index in [0.29, 0.717) is 0 Å².